The Morgan fingerprint density at radius 3 is 2.96 bits per heavy atom. The molecule has 0 spiro atoms. The van der Waals surface area contributed by atoms with Gasteiger partial charge in [-0.3, -0.25) is 10.00 Å². The minimum Gasteiger partial charge on any atom is -0.383 e. The summed E-state index contributed by atoms with van der Waals surface area (Å²) in [4.78, 5) is 6.97. The van der Waals surface area contributed by atoms with E-state index in [1.165, 1.54) is 16.8 Å². The predicted molar refractivity (Wildman–Crippen MR) is 106 cm³/mol. The lowest BCUT2D eigenvalue weighted by molar-refractivity contribution is 0.182. The van der Waals surface area contributed by atoms with Gasteiger partial charge in [0.05, 0.1) is 18.8 Å². The third-order valence-corrected chi connectivity index (χ3v) is 4.98. The summed E-state index contributed by atoms with van der Waals surface area (Å²) in [5, 5.41) is 7.74. The molecule has 0 unspecified atom stereocenters. The number of ether oxygens (including phenoxy) is 1. The summed E-state index contributed by atoms with van der Waals surface area (Å²) in [7, 11) is 1.73. The van der Waals surface area contributed by atoms with Crippen LogP contribution < -0.4 is 0 Å². The molecule has 1 aliphatic heterocycles. The summed E-state index contributed by atoms with van der Waals surface area (Å²) in [5.74, 6) is 1.08. The first-order valence-corrected chi connectivity index (χ1v) is 9.34. The molecule has 0 aliphatic carbocycles. The largest absolute Gasteiger partial charge is 0.383 e. The number of fused-ring (bicyclic) bond motifs is 1. The number of nitrogens with one attached hydrogen (secondary N) is 1. The molecule has 0 bridgehead atoms. The molecule has 2 aromatic heterocycles. The molecule has 0 amide bonds. The zero-order valence-corrected chi connectivity index (χ0v) is 15.6. The second-order valence-electron chi connectivity index (χ2n) is 6.80. The molecule has 6 heteroatoms. The Hall–Kier alpha value is -2.70. The summed E-state index contributed by atoms with van der Waals surface area (Å²) >= 11 is 0. The zero-order chi connectivity index (χ0) is 18.5. The lowest BCUT2D eigenvalue weighted by atomic mass is 10.0. The standard InChI is InChI=1S/C21H25N5O/c1-27-14-13-26-12-10-22-21(26)16-25-11-9-20-18(15-25)19(23-24-20)8-7-17-5-3-2-4-6-17/h2-8,10,12H,9,11,13-16H2,1H3,(H,23,24)/b8-7+. The molecule has 1 aliphatic rings. The number of H-pyrrole nitrogens is 1. The van der Waals surface area contributed by atoms with Crippen molar-refractivity contribution in [3.05, 3.63) is 71.1 Å². The number of hydrogen-bond donors (Lipinski definition) is 1. The van der Waals surface area contributed by atoms with Gasteiger partial charge in [0.2, 0.25) is 0 Å². The van der Waals surface area contributed by atoms with Gasteiger partial charge < -0.3 is 9.30 Å². The smallest absolute Gasteiger partial charge is 0.122 e. The zero-order valence-electron chi connectivity index (χ0n) is 15.6. The van der Waals surface area contributed by atoms with Crippen molar-refractivity contribution in [3.8, 4) is 0 Å². The number of aromatic nitrogens is 4. The average Bonchev–Trinajstić information content (AvgIpc) is 3.32. The third kappa shape index (κ3) is 4.18. The molecule has 3 heterocycles. The Kier molecular flexibility index (Phi) is 5.46. The Morgan fingerprint density at radius 1 is 1.22 bits per heavy atom. The summed E-state index contributed by atoms with van der Waals surface area (Å²) in [6, 6.07) is 10.3. The number of rotatable bonds is 7. The molecule has 140 valence electrons. The van der Waals surface area contributed by atoms with Gasteiger partial charge in [0.1, 0.15) is 5.82 Å². The van der Waals surface area contributed by atoms with Crippen LogP contribution in [0.1, 0.15) is 28.3 Å². The van der Waals surface area contributed by atoms with E-state index in [2.05, 4.69) is 48.9 Å². The molecular formula is C21H25N5O. The van der Waals surface area contributed by atoms with Crippen molar-refractivity contribution >= 4 is 12.2 Å². The second-order valence-corrected chi connectivity index (χ2v) is 6.80. The van der Waals surface area contributed by atoms with Crippen molar-refractivity contribution in [2.45, 2.75) is 26.1 Å². The van der Waals surface area contributed by atoms with Crippen molar-refractivity contribution in [2.24, 2.45) is 0 Å². The first-order chi connectivity index (χ1) is 13.3. The van der Waals surface area contributed by atoms with Crippen LogP contribution >= 0.6 is 0 Å². The minimum atomic E-state index is 0.698. The highest BCUT2D eigenvalue weighted by Crippen LogP contribution is 2.23. The predicted octanol–water partition coefficient (Wildman–Crippen LogP) is 2.98. The number of aromatic amines is 1. The lowest BCUT2D eigenvalue weighted by Gasteiger charge is -2.26. The molecule has 4 rings (SSSR count). The van der Waals surface area contributed by atoms with Crippen molar-refractivity contribution in [3.63, 3.8) is 0 Å². The van der Waals surface area contributed by atoms with Crippen LogP contribution in [0.15, 0.2) is 42.7 Å². The van der Waals surface area contributed by atoms with Gasteiger partial charge in [-0.25, -0.2) is 4.98 Å². The van der Waals surface area contributed by atoms with E-state index in [4.69, 9.17) is 4.74 Å². The number of methoxy groups -OCH3 is 1. The number of benzene rings is 1. The Balaban J connectivity index is 1.46. The van der Waals surface area contributed by atoms with Gasteiger partial charge in [-0.05, 0) is 11.6 Å². The van der Waals surface area contributed by atoms with Crippen molar-refractivity contribution in [1.29, 1.82) is 0 Å². The van der Waals surface area contributed by atoms with E-state index in [0.29, 0.717) is 6.61 Å². The maximum atomic E-state index is 5.19. The van der Waals surface area contributed by atoms with Crippen molar-refractivity contribution in [2.75, 3.05) is 20.3 Å². The highest BCUT2D eigenvalue weighted by molar-refractivity contribution is 5.69. The highest BCUT2D eigenvalue weighted by Gasteiger charge is 2.22. The van der Waals surface area contributed by atoms with Crippen LogP contribution in [-0.2, 0) is 30.8 Å². The van der Waals surface area contributed by atoms with E-state index in [-0.39, 0.29) is 0 Å². The maximum absolute atomic E-state index is 5.19. The minimum absolute atomic E-state index is 0.698. The number of nitrogens with zero attached hydrogens (tertiary/aromatic N) is 4. The van der Waals surface area contributed by atoms with Crippen molar-refractivity contribution < 1.29 is 4.74 Å². The van der Waals surface area contributed by atoms with Crippen LogP contribution in [0, 0.1) is 0 Å². The van der Waals surface area contributed by atoms with E-state index in [1.807, 2.05) is 30.6 Å². The molecule has 0 fully saturated rings. The van der Waals surface area contributed by atoms with Crippen LogP contribution in [0.3, 0.4) is 0 Å². The van der Waals surface area contributed by atoms with Gasteiger partial charge >= 0.3 is 0 Å². The number of hydrogen-bond acceptors (Lipinski definition) is 4. The van der Waals surface area contributed by atoms with Crippen LogP contribution in [0.5, 0.6) is 0 Å². The fourth-order valence-corrected chi connectivity index (χ4v) is 3.47. The molecule has 3 aromatic rings. The molecule has 6 nitrogen and oxygen atoms in total. The molecule has 27 heavy (non-hydrogen) atoms. The summed E-state index contributed by atoms with van der Waals surface area (Å²) in [6.45, 7) is 4.26. The second kappa shape index (κ2) is 8.33. The Morgan fingerprint density at radius 2 is 2.11 bits per heavy atom. The van der Waals surface area contributed by atoms with Crippen LogP contribution in [-0.4, -0.2) is 44.9 Å². The molecule has 0 saturated heterocycles. The van der Waals surface area contributed by atoms with Gasteiger partial charge in [0.25, 0.3) is 0 Å². The van der Waals surface area contributed by atoms with E-state index < -0.39 is 0 Å². The lowest BCUT2D eigenvalue weighted by Crippen LogP contribution is -2.31. The molecule has 0 saturated carbocycles. The van der Waals surface area contributed by atoms with Gasteiger partial charge in [-0.1, -0.05) is 36.4 Å². The van der Waals surface area contributed by atoms with E-state index in [9.17, 15) is 0 Å². The Bertz CT molecular complexity index is 896. The first-order valence-electron chi connectivity index (χ1n) is 9.34. The van der Waals surface area contributed by atoms with E-state index in [0.717, 1.165) is 44.1 Å². The van der Waals surface area contributed by atoms with Gasteiger partial charge in [0, 0.05) is 56.8 Å². The first kappa shape index (κ1) is 17.7. The monoisotopic (exact) mass is 363 g/mol. The van der Waals surface area contributed by atoms with E-state index in [1.54, 1.807) is 7.11 Å². The SMILES string of the molecule is COCCn1ccnc1CN1CCc2[nH]nc(/C=C/c3ccccc3)c2C1. The van der Waals surface area contributed by atoms with Crippen molar-refractivity contribution in [1.82, 2.24) is 24.6 Å². The normalized spacial score (nSPS) is 14.7. The molecule has 0 radical (unpaired) electrons. The van der Waals surface area contributed by atoms with Gasteiger partial charge in [0.15, 0.2) is 0 Å². The van der Waals surface area contributed by atoms with Gasteiger partial charge in [-0.2, -0.15) is 5.10 Å². The topological polar surface area (TPSA) is 59.0 Å². The molecular weight excluding hydrogens is 338 g/mol. The summed E-state index contributed by atoms with van der Waals surface area (Å²) < 4.78 is 7.36. The van der Waals surface area contributed by atoms with E-state index >= 15 is 0 Å². The molecule has 0 atom stereocenters. The molecule has 1 aromatic carbocycles. The summed E-state index contributed by atoms with van der Waals surface area (Å²) in [5.41, 5.74) is 4.76. The highest BCUT2D eigenvalue weighted by atomic mass is 16.5. The average molecular weight is 363 g/mol. The number of imidazole rings is 1. The van der Waals surface area contributed by atoms with Gasteiger partial charge in [-0.15, -0.1) is 0 Å². The summed E-state index contributed by atoms with van der Waals surface area (Å²) in [6.07, 6.45) is 9.10. The maximum Gasteiger partial charge on any atom is 0.122 e. The molecule has 1 N–H and O–H groups in total. The fourth-order valence-electron chi connectivity index (χ4n) is 3.47. The van der Waals surface area contributed by atoms with Crippen LogP contribution in [0.2, 0.25) is 0 Å². The van der Waals surface area contributed by atoms with Crippen LogP contribution in [0.4, 0.5) is 0 Å². The quantitative estimate of drug-likeness (QED) is 0.701. The Labute approximate surface area is 159 Å². The third-order valence-electron chi connectivity index (χ3n) is 4.98. The fraction of sp³-hybridized carbons (Fsp3) is 0.333. The van der Waals surface area contributed by atoms with Crippen LogP contribution in [0.25, 0.3) is 12.2 Å².